The molecule has 0 amide bonds. The molecule has 0 atom stereocenters. The fourth-order valence-corrected chi connectivity index (χ4v) is 5.89. The standard InChI is InChI=1S/C39H25N3/c1-4-13-26(14-5-1)30-20-12-21-33-36(30)31-24-23-29(25-35(31)40-37(33)27-15-6-2-7-16-27)38-32-19-10-11-22-34(32)41-39(42-38)28-17-8-3-9-18-28/h1-25H. The van der Waals surface area contributed by atoms with Gasteiger partial charge in [0.15, 0.2) is 5.82 Å². The van der Waals surface area contributed by atoms with Crippen molar-refractivity contribution in [1.29, 1.82) is 0 Å². The summed E-state index contributed by atoms with van der Waals surface area (Å²) < 4.78 is 0. The Morgan fingerprint density at radius 2 is 0.952 bits per heavy atom. The first-order valence-electron chi connectivity index (χ1n) is 14.1. The van der Waals surface area contributed by atoms with Crippen molar-refractivity contribution < 1.29 is 0 Å². The largest absolute Gasteiger partial charge is 0.247 e. The second-order valence-electron chi connectivity index (χ2n) is 10.4. The van der Waals surface area contributed by atoms with Gasteiger partial charge in [-0.15, -0.1) is 0 Å². The Kier molecular flexibility index (Phi) is 5.79. The van der Waals surface area contributed by atoms with Gasteiger partial charge < -0.3 is 0 Å². The van der Waals surface area contributed by atoms with E-state index in [4.69, 9.17) is 15.0 Å². The van der Waals surface area contributed by atoms with Crippen molar-refractivity contribution in [3.63, 3.8) is 0 Å². The molecule has 0 fully saturated rings. The van der Waals surface area contributed by atoms with Crippen LogP contribution in [-0.4, -0.2) is 15.0 Å². The van der Waals surface area contributed by atoms with Gasteiger partial charge in [0.2, 0.25) is 0 Å². The molecular weight excluding hydrogens is 510 g/mol. The molecule has 8 rings (SSSR count). The number of fused-ring (bicyclic) bond motifs is 4. The highest BCUT2D eigenvalue weighted by Gasteiger charge is 2.17. The van der Waals surface area contributed by atoms with Gasteiger partial charge in [0.05, 0.1) is 22.4 Å². The maximum atomic E-state index is 5.31. The van der Waals surface area contributed by atoms with E-state index in [0.29, 0.717) is 5.82 Å². The SMILES string of the molecule is c1ccc(-c2nc(-c3ccc4c(c3)nc(-c3ccccc3)c3cccc(-c5ccccc5)c34)c3ccccc3n2)cc1. The molecule has 2 heterocycles. The van der Waals surface area contributed by atoms with Crippen molar-refractivity contribution in [1.82, 2.24) is 15.0 Å². The highest BCUT2D eigenvalue weighted by atomic mass is 14.9. The molecule has 0 spiro atoms. The summed E-state index contributed by atoms with van der Waals surface area (Å²) in [5.41, 5.74) is 9.23. The zero-order valence-electron chi connectivity index (χ0n) is 22.8. The van der Waals surface area contributed by atoms with Gasteiger partial charge in [-0.3, -0.25) is 0 Å². The van der Waals surface area contributed by atoms with Crippen LogP contribution in [0.3, 0.4) is 0 Å². The van der Waals surface area contributed by atoms with Crippen molar-refractivity contribution in [3.05, 3.63) is 152 Å². The number of para-hydroxylation sites is 1. The number of hydrogen-bond donors (Lipinski definition) is 0. The van der Waals surface area contributed by atoms with Gasteiger partial charge in [0.1, 0.15) is 0 Å². The molecule has 0 bridgehead atoms. The van der Waals surface area contributed by atoms with E-state index in [9.17, 15) is 0 Å². The molecule has 3 heteroatoms. The van der Waals surface area contributed by atoms with E-state index in [1.54, 1.807) is 0 Å². The molecule has 0 saturated heterocycles. The first-order chi connectivity index (χ1) is 20.8. The number of hydrogen-bond acceptors (Lipinski definition) is 3. The molecule has 8 aromatic rings. The molecule has 2 aromatic heterocycles. The summed E-state index contributed by atoms with van der Waals surface area (Å²) in [6.45, 7) is 0. The Morgan fingerprint density at radius 3 is 1.71 bits per heavy atom. The van der Waals surface area contributed by atoms with Crippen molar-refractivity contribution in [2.45, 2.75) is 0 Å². The second-order valence-corrected chi connectivity index (χ2v) is 10.4. The number of rotatable bonds is 4. The maximum absolute atomic E-state index is 5.31. The third-order valence-electron chi connectivity index (χ3n) is 7.86. The van der Waals surface area contributed by atoms with Crippen LogP contribution in [-0.2, 0) is 0 Å². The van der Waals surface area contributed by atoms with Crippen LogP contribution < -0.4 is 0 Å². The molecule has 0 radical (unpaired) electrons. The van der Waals surface area contributed by atoms with Crippen LogP contribution in [0, 0.1) is 0 Å². The molecule has 0 saturated carbocycles. The summed E-state index contributed by atoms with van der Waals surface area (Å²) in [5.74, 6) is 0.715. The van der Waals surface area contributed by atoms with Crippen LogP contribution in [0.1, 0.15) is 0 Å². The summed E-state index contributed by atoms with van der Waals surface area (Å²) in [6, 6.07) is 52.6. The van der Waals surface area contributed by atoms with E-state index in [2.05, 4.69) is 115 Å². The lowest BCUT2D eigenvalue weighted by Gasteiger charge is -2.15. The quantitative estimate of drug-likeness (QED) is 0.211. The van der Waals surface area contributed by atoms with E-state index in [0.717, 1.165) is 55.3 Å². The third-order valence-corrected chi connectivity index (χ3v) is 7.86. The Balaban J connectivity index is 1.43. The Morgan fingerprint density at radius 1 is 0.333 bits per heavy atom. The highest BCUT2D eigenvalue weighted by Crippen LogP contribution is 2.40. The van der Waals surface area contributed by atoms with E-state index in [1.165, 1.54) is 16.5 Å². The van der Waals surface area contributed by atoms with Crippen molar-refractivity contribution in [2.24, 2.45) is 0 Å². The van der Waals surface area contributed by atoms with Crippen LogP contribution in [0.4, 0.5) is 0 Å². The van der Waals surface area contributed by atoms with Crippen LogP contribution >= 0.6 is 0 Å². The van der Waals surface area contributed by atoms with E-state index < -0.39 is 0 Å². The molecule has 0 aliphatic rings. The van der Waals surface area contributed by atoms with E-state index in [1.807, 2.05) is 36.4 Å². The topological polar surface area (TPSA) is 38.7 Å². The monoisotopic (exact) mass is 535 g/mol. The van der Waals surface area contributed by atoms with Crippen LogP contribution in [0.15, 0.2) is 152 Å². The van der Waals surface area contributed by atoms with Gasteiger partial charge in [-0.1, -0.05) is 140 Å². The predicted octanol–water partition coefficient (Wildman–Crippen LogP) is 10.00. The lowest BCUT2D eigenvalue weighted by Crippen LogP contribution is -1.96. The Bertz CT molecular complexity index is 2230. The minimum atomic E-state index is 0.715. The van der Waals surface area contributed by atoms with E-state index in [-0.39, 0.29) is 0 Å². The Hall–Kier alpha value is -5.67. The molecule has 0 aliphatic carbocycles. The lowest BCUT2D eigenvalue weighted by atomic mass is 9.92. The van der Waals surface area contributed by atoms with Gasteiger partial charge in [0, 0.05) is 38.2 Å². The lowest BCUT2D eigenvalue weighted by molar-refractivity contribution is 1.23. The number of pyridine rings is 1. The average Bonchev–Trinajstić information content (AvgIpc) is 3.08. The van der Waals surface area contributed by atoms with Crippen molar-refractivity contribution in [3.8, 4) is 45.0 Å². The maximum Gasteiger partial charge on any atom is 0.160 e. The molecule has 196 valence electrons. The van der Waals surface area contributed by atoms with E-state index >= 15 is 0 Å². The molecule has 0 N–H and O–H groups in total. The number of nitrogens with zero attached hydrogens (tertiary/aromatic N) is 3. The summed E-state index contributed by atoms with van der Waals surface area (Å²) >= 11 is 0. The van der Waals surface area contributed by atoms with Gasteiger partial charge in [-0.25, -0.2) is 15.0 Å². The van der Waals surface area contributed by atoms with Crippen LogP contribution in [0.2, 0.25) is 0 Å². The van der Waals surface area contributed by atoms with Gasteiger partial charge in [-0.05, 0) is 23.3 Å². The molecular formula is C39H25N3. The van der Waals surface area contributed by atoms with Gasteiger partial charge >= 0.3 is 0 Å². The normalized spacial score (nSPS) is 11.3. The predicted molar refractivity (Wildman–Crippen MR) is 174 cm³/mol. The van der Waals surface area contributed by atoms with Crippen LogP contribution in [0.5, 0.6) is 0 Å². The summed E-state index contributed by atoms with van der Waals surface area (Å²) in [7, 11) is 0. The first kappa shape index (κ1) is 24.2. The summed E-state index contributed by atoms with van der Waals surface area (Å²) in [5, 5.41) is 4.48. The zero-order valence-corrected chi connectivity index (χ0v) is 22.8. The molecule has 0 unspecified atom stereocenters. The second kappa shape index (κ2) is 10.1. The number of aromatic nitrogens is 3. The summed E-state index contributed by atoms with van der Waals surface area (Å²) in [4.78, 5) is 15.3. The van der Waals surface area contributed by atoms with Crippen molar-refractivity contribution in [2.75, 3.05) is 0 Å². The average molecular weight is 536 g/mol. The number of benzene rings is 6. The molecule has 3 nitrogen and oxygen atoms in total. The fourth-order valence-electron chi connectivity index (χ4n) is 5.89. The highest BCUT2D eigenvalue weighted by molar-refractivity contribution is 6.17. The van der Waals surface area contributed by atoms with Crippen molar-refractivity contribution >= 4 is 32.6 Å². The fraction of sp³-hybridized carbons (Fsp3) is 0. The minimum Gasteiger partial charge on any atom is -0.247 e. The smallest absolute Gasteiger partial charge is 0.160 e. The third kappa shape index (κ3) is 4.11. The molecule has 42 heavy (non-hydrogen) atoms. The minimum absolute atomic E-state index is 0.715. The Labute approximate surface area is 243 Å². The van der Waals surface area contributed by atoms with Crippen LogP contribution in [0.25, 0.3) is 77.6 Å². The van der Waals surface area contributed by atoms with Gasteiger partial charge in [-0.2, -0.15) is 0 Å². The molecule has 0 aliphatic heterocycles. The summed E-state index contributed by atoms with van der Waals surface area (Å²) in [6.07, 6.45) is 0. The molecule has 6 aromatic carbocycles. The van der Waals surface area contributed by atoms with Gasteiger partial charge in [0.25, 0.3) is 0 Å². The first-order valence-corrected chi connectivity index (χ1v) is 14.1. The zero-order chi connectivity index (χ0) is 27.9.